The topological polar surface area (TPSA) is 56.3 Å². The standard InChI is InChI=1S/C19H13F4N7/c1-10-7-14-13-8-12(20)3-5-27(13)19(29(14)25-10)28-6-4-24-9-15(28)16-11(2)17(18(21,22)23)26-30(16)19/h3-9H,1-2H3/q+2. The Morgan fingerprint density at radius 1 is 1.00 bits per heavy atom. The summed E-state index contributed by atoms with van der Waals surface area (Å²) in [6, 6.07) is 4.35. The predicted octanol–water partition coefficient (Wildman–Crippen LogP) is 2.00. The van der Waals surface area contributed by atoms with Gasteiger partial charge in [-0.3, -0.25) is 4.98 Å². The molecule has 2 aliphatic rings. The van der Waals surface area contributed by atoms with Gasteiger partial charge in [-0.2, -0.15) is 23.4 Å². The second kappa shape index (κ2) is 5.10. The molecule has 0 aliphatic carbocycles. The fourth-order valence-electron chi connectivity index (χ4n) is 4.54. The van der Waals surface area contributed by atoms with Crippen molar-refractivity contribution in [3.05, 3.63) is 65.8 Å². The summed E-state index contributed by atoms with van der Waals surface area (Å²) in [5, 5.41) is 8.57. The number of aryl methyl sites for hydroxylation is 1. The van der Waals surface area contributed by atoms with Gasteiger partial charge in [-0.25, -0.2) is 4.39 Å². The molecule has 11 heteroatoms. The molecule has 0 saturated carbocycles. The van der Waals surface area contributed by atoms with E-state index in [1.165, 1.54) is 42.3 Å². The molecule has 0 N–H and O–H groups in total. The zero-order valence-electron chi connectivity index (χ0n) is 15.7. The zero-order chi connectivity index (χ0) is 21.0. The van der Waals surface area contributed by atoms with E-state index >= 15 is 0 Å². The number of hydrogen-bond donors (Lipinski definition) is 0. The average Bonchev–Trinajstić information content (AvgIpc) is 3.37. The van der Waals surface area contributed by atoms with E-state index in [-0.39, 0.29) is 11.3 Å². The molecule has 1 unspecified atom stereocenters. The second-order valence-corrected chi connectivity index (χ2v) is 7.35. The lowest BCUT2D eigenvalue weighted by atomic mass is 10.1. The highest BCUT2D eigenvalue weighted by molar-refractivity contribution is 5.61. The minimum absolute atomic E-state index is 0.0114. The van der Waals surface area contributed by atoms with Crippen LogP contribution in [0.25, 0.3) is 22.8 Å². The van der Waals surface area contributed by atoms with Crippen molar-refractivity contribution in [3.63, 3.8) is 0 Å². The number of alkyl halides is 3. The van der Waals surface area contributed by atoms with Crippen LogP contribution in [-0.4, -0.2) is 24.5 Å². The van der Waals surface area contributed by atoms with E-state index < -0.39 is 23.6 Å². The number of nitrogens with zero attached hydrogens (tertiary/aromatic N) is 7. The monoisotopic (exact) mass is 415 g/mol. The molecule has 6 heterocycles. The molecule has 0 aromatic carbocycles. The number of pyridine rings is 1. The molecule has 4 aromatic rings. The summed E-state index contributed by atoms with van der Waals surface area (Å²) >= 11 is 0. The molecule has 0 radical (unpaired) electrons. The van der Waals surface area contributed by atoms with E-state index in [9.17, 15) is 17.6 Å². The van der Waals surface area contributed by atoms with Crippen LogP contribution in [0.4, 0.5) is 17.6 Å². The number of fused-ring (bicyclic) bond motifs is 10. The van der Waals surface area contributed by atoms with Gasteiger partial charge >= 0.3 is 12.1 Å². The van der Waals surface area contributed by atoms with Crippen LogP contribution in [0.1, 0.15) is 17.0 Å². The minimum atomic E-state index is -4.63. The van der Waals surface area contributed by atoms with Crippen molar-refractivity contribution in [2.24, 2.45) is 0 Å². The molecular weight excluding hydrogens is 402 g/mol. The molecule has 0 fully saturated rings. The SMILES string of the molecule is Cc1cc2n(n1)C1(n3nc(C(F)(F)F)c(C)c3-c3cncc[n+]31)[n+]1ccc(F)cc1-2. The maximum absolute atomic E-state index is 14.1. The Labute approximate surface area is 166 Å². The first-order valence-corrected chi connectivity index (χ1v) is 9.07. The Bertz CT molecular complexity index is 1380. The lowest BCUT2D eigenvalue weighted by molar-refractivity contribution is -0.990. The summed E-state index contributed by atoms with van der Waals surface area (Å²) < 4.78 is 61.6. The summed E-state index contributed by atoms with van der Waals surface area (Å²) in [5.74, 6) is -1.91. The third kappa shape index (κ3) is 1.78. The fraction of sp³-hybridized carbons (Fsp3) is 0.211. The van der Waals surface area contributed by atoms with Crippen LogP contribution in [0.2, 0.25) is 0 Å². The van der Waals surface area contributed by atoms with Gasteiger partial charge in [0.15, 0.2) is 23.8 Å². The molecule has 0 amide bonds. The highest BCUT2D eigenvalue weighted by atomic mass is 19.4. The van der Waals surface area contributed by atoms with Crippen LogP contribution in [0, 0.1) is 19.7 Å². The van der Waals surface area contributed by atoms with Crippen molar-refractivity contribution in [3.8, 4) is 22.8 Å². The van der Waals surface area contributed by atoms with Gasteiger partial charge in [0.05, 0.1) is 11.9 Å². The minimum Gasteiger partial charge on any atom is -0.251 e. The Balaban J connectivity index is 1.83. The molecule has 2 aliphatic heterocycles. The first kappa shape index (κ1) is 17.2. The molecule has 150 valence electrons. The molecule has 1 atom stereocenters. The summed E-state index contributed by atoms with van der Waals surface area (Å²) in [5.41, 5.74) is 1.42. The van der Waals surface area contributed by atoms with Gasteiger partial charge in [0.25, 0.3) is 5.69 Å². The normalized spacial score (nSPS) is 18.5. The Hall–Kier alpha value is -3.63. The van der Waals surface area contributed by atoms with Gasteiger partial charge in [0.2, 0.25) is 5.69 Å². The predicted molar refractivity (Wildman–Crippen MR) is 92.1 cm³/mol. The van der Waals surface area contributed by atoms with E-state index in [1.807, 2.05) is 0 Å². The van der Waals surface area contributed by atoms with Crippen molar-refractivity contribution in [2.45, 2.75) is 25.9 Å². The van der Waals surface area contributed by atoms with Gasteiger partial charge in [-0.15, -0.1) is 9.36 Å². The first-order valence-electron chi connectivity index (χ1n) is 9.07. The lowest BCUT2D eigenvalue weighted by Crippen LogP contribution is -2.77. The molecule has 0 bridgehead atoms. The van der Waals surface area contributed by atoms with E-state index in [2.05, 4.69) is 15.2 Å². The van der Waals surface area contributed by atoms with Crippen LogP contribution < -0.4 is 9.13 Å². The highest BCUT2D eigenvalue weighted by Gasteiger charge is 2.70. The van der Waals surface area contributed by atoms with E-state index in [0.717, 1.165) is 0 Å². The zero-order valence-corrected chi connectivity index (χ0v) is 15.7. The van der Waals surface area contributed by atoms with Crippen LogP contribution in [-0.2, 0) is 12.1 Å². The van der Waals surface area contributed by atoms with E-state index in [0.29, 0.717) is 22.8 Å². The Morgan fingerprint density at radius 2 is 1.77 bits per heavy atom. The van der Waals surface area contributed by atoms with Crippen molar-refractivity contribution in [1.82, 2.24) is 24.5 Å². The van der Waals surface area contributed by atoms with Crippen molar-refractivity contribution >= 4 is 0 Å². The van der Waals surface area contributed by atoms with Gasteiger partial charge in [-0.1, -0.05) is 9.13 Å². The number of hydrogen-bond acceptors (Lipinski definition) is 3. The third-order valence-corrected chi connectivity index (χ3v) is 5.62. The third-order valence-electron chi connectivity index (χ3n) is 5.62. The molecular formula is C19H13F4N7+2. The van der Waals surface area contributed by atoms with Crippen LogP contribution in [0.3, 0.4) is 0 Å². The van der Waals surface area contributed by atoms with E-state index in [4.69, 9.17) is 0 Å². The first-order chi connectivity index (χ1) is 14.2. The van der Waals surface area contributed by atoms with Gasteiger partial charge in [0, 0.05) is 17.7 Å². The van der Waals surface area contributed by atoms with Gasteiger partial charge in [0.1, 0.15) is 17.7 Å². The Morgan fingerprint density at radius 3 is 2.53 bits per heavy atom. The Kier molecular flexibility index (Phi) is 2.93. The molecule has 6 rings (SSSR count). The summed E-state index contributed by atoms with van der Waals surface area (Å²) in [7, 11) is 0. The van der Waals surface area contributed by atoms with Crippen LogP contribution >= 0.6 is 0 Å². The maximum Gasteiger partial charge on any atom is 0.583 e. The van der Waals surface area contributed by atoms with Crippen LogP contribution in [0.5, 0.6) is 0 Å². The summed E-state index contributed by atoms with van der Waals surface area (Å²) in [6.07, 6.45) is 1.55. The summed E-state index contributed by atoms with van der Waals surface area (Å²) in [6.45, 7) is 3.16. The molecule has 4 aromatic heterocycles. The van der Waals surface area contributed by atoms with Crippen molar-refractivity contribution in [2.75, 3.05) is 0 Å². The smallest absolute Gasteiger partial charge is 0.251 e. The molecule has 0 saturated heterocycles. The second-order valence-electron chi connectivity index (χ2n) is 7.35. The average molecular weight is 415 g/mol. The number of rotatable bonds is 0. The fourth-order valence-corrected chi connectivity index (χ4v) is 4.54. The highest BCUT2D eigenvalue weighted by Crippen LogP contribution is 2.42. The van der Waals surface area contributed by atoms with E-state index in [1.54, 1.807) is 33.0 Å². The van der Waals surface area contributed by atoms with Crippen molar-refractivity contribution < 1.29 is 26.7 Å². The van der Waals surface area contributed by atoms with Crippen LogP contribution in [0.15, 0.2) is 43.0 Å². The van der Waals surface area contributed by atoms with Crippen molar-refractivity contribution in [1.29, 1.82) is 0 Å². The van der Waals surface area contributed by atoms with Gasteiger partial charge in [-0.05, 0) is 19.9 Å². The maximum atomic E-state index is 14.1. The molecule has 30 heavy (non-hydrogen) atoms. The quantitative estimate of drug-likeness (QED) is 0.282. The largest absolute Gasteiger partial charge is 0.583 e. The number of halogens is 4. The number of aromatic nitrogens is 7. The van der Waals surface area contributed by atoms with Gasteiger partial charge < -0.3 is 0 Å². The molecule has 1 spiro atoms. The summed E-state index contributed by atoms with van der Waals surface area (Å²) in [4.78, 5) is 4.11. The lowest BCUT2D eigenvalue weighted by Gasteiger charge is -2.16. The molecule has 7 nitrogen and oxygen atoms in total.